The van der Waals surface area contributed by atoms with Crippen molar-refractivity contribution in [2.24, 2.45) is 5.10 Å². The summed E-state index contributed by atoms with van der Waals surface area (Å²) in [5.41, 5.74) is 1.45. The van der Waals surface area contributed by atoms with Gasteiger partial charge in [0.1, 0.15) is 23.3 Å². The molecule has 1 aliphatic heterocycles. The number of amides is 1. The van der Waals surface area contributed by atoms with Gasteiger partial charge in [0.2, 0.25) is 5.16 Å². The van der Waals surface area contributed by atoms with Crippen molar-refractivity contribution in [2.45, 2.75) is 17.6 Å². The zero-order chi connectivity index (χ0) is 22.1. The highest BCUT2D eigenvalue weighted by molar-refractivity contribution is 7.99. The van der Waals surface area contributed by atoms with E-state index in [0.717, 1.165) is 5.56 Å². The summed E-state index contributed by atoms with van der Waals surface area (Å²) in [4.78, 5) is 13.1. The van der Waals surface area contributed by atoms with E-state index in [0.29, 0.717) is 39.7 Å². The van der Waals surface area contributed by atoms with Gasteiger partial charge < -0.3 is 14.7 Å². The zero-order valence-electron chi connectivity index (χ0n) is 16.6. The van der Waals surface area contributed by atoms with Gasteiger partial charge in [0.15, 0.2) is 5.82 Å². The van der Waals surface area contributed by atoms with E-state index in [1.54, 1.807) is 48.9 Å². The molecule has 0 saturated heterocycles. The minimum Gasteiger partial charge on any atom is -0.467 e. The third-order valence-electron chi connectivity index (χ3n) is 4.93. The highest BCUT2D eigenvalue weighted by Crippen LogP contribution is 2.34. The Morgan fingerprint density at radius 1 is 1.12 bits per heavy atom. The Kier molecular flexibility index (Phi) is 5.46. The topological polar surface area (TPSA) is 116 Å². The van der Waals surface area contributed by atoms with Crippen LogP contribution in [0.3, 0.4) is 0 Å². The predicted molar refractivity (Wildman–Crippen MR) is 119 cm³/mol. The fourth-order valence-corrected chi connectivity index (χ4v) is 4.23. The molecule has 0 saturated carbocycles. The summed E-state index contributed by atoms with van der Waals surface area (Å²) in [5.74, 6) is 7.77. The van der Waals surface area contributed by atoms with Crippen molar-refractivity contribution in [1.29, 1.82) is 0 Å². The molecule has 1 aromatic carbocycles. The zero-order valence-corrected chi connectivity index (χ0v) is 18.2. The van der Waals surface area contributed by atoms with Gasteiger partial charge in [0.05, 0.1) is 18.3 Å². The van der Waals surface area contributed by atoms with Crippen LogP contribution in [0.25, 0.3) is 11.4 Å². The molecule has 1 unspecified atom stereocenters. The van der Waals surface area contributed by atoms with Crippen LogP contribution in [0.2, 0.25) is 5.02 Å². The van der Waals surface area contributed by atoms with Crippen LogP contribution in [-0.2, 0) is 4.79 Å². The van der Waals surface area contributed by atoms with Gasteiger partial charge >= 0.3 is 0 Å². The smallest absolute Gasteiger partial charge is 0.253 e. The largest absolute Gasteiger partial charge is 0.467 e. The number of carbonyl (C=O) groups is 1. The van der Waals surface area contributed by atoms with Crippen LogP contribution in [-0.4, -0.2) is 37.3 Å². The number of nitrogen functional groups attached to an aromatic ring is 1. The van der Waals surface area contributed by atoms with Gasteiger partial charge in [0, 0.05) is 17.0 Å². The summed E-state index contributed by atoms with van der Waals surface area (Å²) in [7, 11) is 0. The number of thioether (sulfide) groups is 1. The Bertz CT molecular complexity index is 1250. The summed E-state index contributed by atoms with van der Waals surface area (Å²) in [5, 5.41) is 15.2. The Morgan fingerprint density at radius 3 is 2.62 bits per heavy atom. The first-order valence-electron chi connectivity index (χ1n) is 9.66. The van der Waals surface area contributed by atoms with Crippen molar-refractivity contribution < 1.29 is 13.6 Å². The van der Waals surface area contributed by atoms with Gasteiger partial charge in [-0.15, -0.1) is 10.2 Å². The molecule has 1 amide bonds. The van der Waals surface area contributed by atoms with E-state index in [1.807, 2.05) is 12.1 Å². The molecule has 4 aromatic rings. The fraction of sp³-hybridized carbons (Fsp3) is 0.143. The number of hydrogen-bond donors (Lipinski definition) is 1. The lowest BCUT2D eigenvalue weighted by Gasteiger charge is -2.19. The van der Waals surface area contributed by atoms with Crippen molar-refractivity contribution in [3.05, 3.63) is 77.6 Å². The van der Waals surface area contributed by atoms with Gasteiger partial charge in [-0.3, -0.25) is 4.79 Å². The number of aromatic nitrogens is 3. The first-order chi connectivity index (χ1) is 15.6. The van der Waals surface area contributed by atoms with Crippen LogP contribution in [0.1, 0.15) is 24.0 Å². The average Bonchev–Trinajstić information content (AvgIpc) is 3.59. The van der Waals surface area contributed by atoms with Gasteiger partial charge in [-0.05, 0) is 48.5 Å². The maximum atomic E-state index is 13.1. The van der Waals surface area contributed by atoms with Crippen LogP contribution in [0.4, 0.5) is 0 Å². The Labute approximate surface area is 191 Å². The number of hydrazone groups is 1. The molecule has 32 heavy (non-hydrogen) atoms. The molecule has 162 valence electrons. The highest BCUT2D eigenvalue weighted by Gasteiger charge is 2.35. The third-order valence-corrected chi connectivity index (χ3v) is 6.11. The minimum absolute atomic E-state index is 0.0715. The van der Waals surface area contributed by atoms with Crippen LogP contribution < -0.4 is 5.84 Å². The number of rotatable bonds is 6. The Morgan fingerprint density at radius 2 is 1.91 bits per heavy atom. The summed E-state index contributed by atoms with van der Waals surface area (Å²) < 4.78 is 12.4. The molecule has 2 N–H and O–H groups in total. The number of hydrogen-bond acceptors (Lipinski definition) is 8. The van der Waals surface area contributed by atoms with Crippen molar-refractivity contribution in [2.75, 3.05) is 11.6 Å². The van der Waals surface area contributed by atoms with E-state index in [1.165, 1.54) is 21.4 Å². The molecule has 11 heteroatoms. The summed E-state index contributed by atoms with van der Waals surface area (Å²) in [6.45, 7) is 0. The maximum absolute atomic E-state index is 13.1. The Balaban J connectivity index is 1.33. The molecule has 0 fully saturated rings. The fourth-order valence-electron chi connectivity index (χ4n) is 3.40. The quantitative estimate of drug-likeness (QED) is 0.336. The second kappa shape index (κ2) is 8.56. The summed E-state index contributed by atoms with van der Waals surface area (Å²) >= 11 is 7.12. The van der Waals surface area contributed by atoms with E-state index >= 15 is 0 Å². The molecule has 4 heterocycles. The molecule has 3 aromatic heterocycles. The number of benzene rings is 1. The standard InChI is InChI=1S/C21H17ClN6O3S/c22-14-7-5-13(6-8-14)20-24-25-21(27(20)23)32-12-19(29)28-16(18-4-2-10-31-18)11-15(26-28)17-3-1-9-30-17/h1-10,16H,11-12,23H2. The molecule has 9 nitrogen and oxygen atoms in total. The number of nitrogens with zero attached hydrogens (tertiary/aromatic N) is 5. The van der Waals surface area contributed by atoms with Gasteiger partial charge in [-0.2, -0.15) is 5.10 Å². The monoisotopic (exact) mass is 468 g/mol. The number of nitrogens with two attached hydrogens (primary N) is 1. The predicted octanol–water partition coefficient (Wildman–Crippen LogP) is 3.97. The summed E-state index contributed by atoms with van der Waals surface area (Å²) in [6, 6.07) is 14.0. The first-order valence-corrected chi connectivity index (χ1v) is 11.0. The van der Waals surface area contributed by atoms with Crippen molar-refractivity contribution in [3.63, 3.8) is 0 Å². The highest BCUT2D eigenvalue weighted by atomic mass is 35.5. The van der Waals surface area contributed by atoms with Crippen molar-refractivity contribution in [1.82, 2.24) is 19.9 Å². The molecular weight excluding hydrogens is 452 g/mol. The van der Waals surface area contributed by atoms with Gasteiger partial charge in [0.25, 0.3) is 5.91 Å². The SMILES string of the molecule is Nn1c(SCC(=O)N2N=C(c3ccco3)CC2c2ccco2)nnc1-c1ccc(Cl)cc1. The second-order valence-electron chi connectivity index (χ2n) is 6.97. The molecule has 0 bridgehead atoms. The van der Waals surface area contributed by atoms with E-state index < -0.39 is 0 Å². The van der Waals surface area contributed by atoms with Crippen molar-refractivity contribution >= 4 is 35.0 Å². The lowest BCUT2D eigenvalue weighted by Crippen LogP contribution is -2.28. The van der Waals surface area contributed by atoms with E-state index in [9.17, 15) is 4.79 Å². The molecule has 0 radical (unpaired) electrons. The number of furan rings is 2. The lowest BCUT2D eigenvalue weighted by molar-refractivity contribution is -0.130. The maximum Gasteiger partial charge on any atom is 0.253 e. The van der Waals surface area contributed by atoms with Gasteiger partial charge in [-0.25, -0.2) is 9.69 Å². The lowest BCUT2D eigenvalue weighted by atomic mass is 10.1. The molecule has 0 aliphatic carbocycles. The van der Waals surface area contributed by atoms with E-state index in [4.69, 9.17) is 26.3 Å². The van der Waals surface area contributed by atoms with Crippen molar-refractivity contribution in [3.8, 4) is 11.4 Å². The third kappa shape index (κ3) is 3.90. The van der Waals surface area contributed by atoms with Gasteiger partial charge in [-0.1, -0.05) is 23.4 Å². The first kappa shape index (κ1) is 20.4. The Hall–Kier alpha value is -3.50. The van der Waals surface area contributed by atoms with Crippen LogP contribution in [0, 0.1) is 0 Å². The van der Waals surface area contributed by atoms with Crippen LogP contribution in [0.5, 0.6) is 0 Å². The molecule has 1 aliphatic rings. The molecule has 0 spiro atoms. The van der Waals surface area contributed by atoms with E-state index in [2.05, 4.69) is 15.3 Å². The molecule has 5 rings (SSSR count). The molecular formula is C21H17ClN6O3S. The number of halogens is 1. The second-order valence-corrected chi connectivity index (χ2v) is 8.35. The minimum atomic E-state index is -0.349. The normalized spacial score (nSPS) is 15.8. The molecule has 1 atom stereocenters. The average molecular weight is 469 g/mol. The number of carbonyl (C=O) groups excluding carboxylic acids is 1. The summed E-state index contributed by atoms with van der Waals surface area (Å²) in [6.07, 6.45) is 3.64. The van der Waals surface area contributed by atoms with E-state index in [-0.39, 0.29) is 17.7 Å². The van der Waals surface area contributed by atoms with Crippen LogP contribution in [0.15, 0.2) is 80.1 Å². The van der Waals surface area contributed by atoms with Crippen LogP contribution >= 0.6 is 23.4 Å².